The van der Waals surface area contributed by atoms with Crippen LogP contribution in [0.5, 0.6) is 0 Å². The van der Waals surface area contributed by atoms with Gasteiger partial charge in [0.15, 0.2) is 0 Å². The van der Waals surface area contributed by atoms with E-state index in [1.54, 1.807) is 6.26 Å². The first-order valence-corrected chi connectivity index (χ1v) is 10.9. The van der Waals surface area contributed by atoms with E-state index in [1.165, 1.54) is 5.39 Å². The molecule has 4 aromatic carbocycles. The van der Waals surface area contributed by atoms with Crippen LogP contribution in [0.25, 0.3) is 49.9 Å². The largest absolute Gasteiger partial charge is 0.464 e. The Kier molecular flexibility index (Phi) is 3.87. The van der Waals surface area contributed by atoms with E-state index in [2.05, 4.69) is 53.1 Å². The minimum absolute atomic E-state index is 0.144. The predicted molar refractivity (Wildman–Crippen MR) is 132 cm³/mol. The molecule has 6 rings (SSSR count). The van der Waals surface area contributed by atoms with Crippen molar-refractivity contribution >= 4 is 32.8 Å². The summed E-state index contributed by atoms with van der Waals surface area (Å²) in [4.78, 5) is 5.02. The van der Waals surface area contributed by atoms with E-state index >= 15 is 0 Å². The van der Waals surface area contributed by atoms with Crippen LogP contribution < -0.4 is 0 Å². The molecule has 0 fully saturated rings. The molecule has 0 aliphatic carbocycles. The highest BCUT2D eigenvalue weighted by Gasteiger charge is 2.19. The molecule has 6 aromatic rings. The summed E-state index contributed by atoms with van der Waals surface area (Å²) < 4.78 is 25.1. The topological polar surface area (TPSA) is 31.0 Å². The van der Waals surface area contributed by atoms with Crippen molar-refractivity contribution in [1.82, 2.24) is 9.55 Å². The van der Waals surface area contributed by atoms with Crippen LogP contribution in [-0.2, 0) is 6.37 Å². The molecule has 0 amide bonds. The van der Waals surface area contributed by atoms with Crippen molar-refractivity contribution in [2.45, 2.75) is 20.2 Å². The van der Waals surface area contributed by atoms with Gasteiger partial charge in [0, 0.05) is 13.5 Å². The fourth-order valence-corrected chi connectivity index (χ4v) is 4.48. The molecular weight excluding hydrogens is 392 g/mol. The van der Waals surface area contributed by atoms with Crippen molar-refractivity contribution in [2.75, 3.05) is 0 Å². The van der Waals surface area contributed by atoms with Crippen molar-refractivity contribution in [3.8, 4) is 17.1 Å². The number of hydrogen-bond acceptors (Lipinski definition) is 2. The highest BCUT2D eigenvalue weighted by molar-refractivity contribution is 5.98. The fourth-order valence-electron chi connectivity index (χ4n) is 4.48. The average molecular weight is 419 g/mol. The Labute approximate surface area is 189 Å². The molecule has 2 heterocycles. The molecule has 32 heavy (non-hydrogen) atoms. The molecule has 0 N–H and O–H groups in total. The van der Waals surface area contributed by atoms with Crippen molar-refractivity contribution in [3.63, 3.8) is 0 Å². The Morgan fingerprint density at radius 1 is 0.906 bits per heavy atom. The number of hydrogen-bond donors (Lipinski definition) is 0. The highest BCUT2D eigenvalue weighted by atomic mass is 16.3. The summed E-state index contributed by atoms with van der Waals surface area (Å²) >= 11 is 0. The lowest BCUT2D eigenvalue weighted by Gasteiger charge is -2.12. The van der Waals surface area contributed by atoms with Gasteiger partial charge in [-0.25, -0.2) is 4.98 Å². The van der Waals surface area contributed by atoms with Gasteiger partial charge < -0.3 is 4.42 Å². The zero-order chi connectivity index (χ0) is 23.4. The van der Waals surface area contributed by atoms with Crippen molar-refractivity contribution < 1.29 is 7.16 Å². The van der Waals surface area contributed by atoms with Crippen molar-refractivity contribution in [1.29, 1.82) is 0 Å². The molecule has 0 aliphatic rings. The first kappa shape index (κ1) is 16.8. The Hall–Kier alpha value is -3.85. The second-order valence-corrected chi connectivity index (χ2v) is 8.42. The SMILES string of the molecule is [2H]C([2H])(c1ccc2c(-c3nc4ccccc4n3-c3cccc4ccccc34)coc2c1)C(C)C. The molecule has 0 unspecified atom stereocenters. The van der Waals surface area contributed by atoms with Crippen molar-refractivity contribution in [3.05, 3.63) is 96.8 Å². The summed E-state index contributed by atoms with van der Waals surface area (Å²) in [5, 5.41) is 3.23. The van der Waals surface area contributed by atoms with Crippen LogP contribution in [0.4, 0.5) is 0 Å². The van der Waals surface area contributed by atoms with Crippen LogP contribution in [0.1, 0.15) is 22.2 Å². The van der Waals surface area contributed by atoms with Crippen LogP contribution in [0.2, 0.25) is 0 Å². The monoisotopic (exact) mass is 418 g/mol. The molecule has 3 heteroatoms. The third-order valence-electron chi connectivity index (χ3n) is 5.84. The molecule has 2 aromatic heterocycles. The highest BCUT2D eigenvalue weighted by Crippen LogP contribution is 2.36. The van der Waals surface area contributed by atoms with E-state index < -0.39 is 6.37 Å². The van der Waals surface area contributed by atoms with Gasteiger partial charge in [0.2, 0.25) is 0 Å². The molecule has 0 spiro atoms. The van der Waals surface area contributed by atoms with E-state index in [9.17, 15) is 0 Å². The minimum atomic E-state index is -1.43. The first-order chi connectivity index (χ1) is 16.4. The number of furan rings is 1. The average Bonchev–Trinajstić information content (AvgIpc) is 3.44. The number of para-hydroxylation sites is 2. The smallest absolute Gasteiger partial charge is 0.149 e. The molecule has 0 bridgehead atoms. The molecule has 3 nitrogen and oxygen atoms in total. The third kappa shape index (κ3) is 3.01. The Morgan fingerprint density at radius 2 is 1.72 bits per heavy atom. The quantitative estimate of drug-likeness (QED) is 0.292. The molecule has 0 radical (unpaired) electrons. The summed E-state index contributed by atoms with van der Waals surface area (Å²) in [5.74, 6) is 0.658. The van der Waals surface area contributed by atoms with Crippen LogP contribution >= 0.6 is 0 Å². The molecule has 156 valence electrons. The van der Waals surface area contributed by atoms with Gasteiger partial charge in [-0.15, -0.1) is 0 Å². The van der Waals surface area contributed by atoms with Gasteiger partial charge in [0.1, 0.15) is 17.7 Å². The second kappa shape index (κ2) is 7.38. The van der Waals surface area contributed by atoms with Gasteiger partial charge in [-0.2, -0.15) is 0 Å². The van der Waals surface area contributed by atoms with Crippen LogP contribution in [0.15, 0.2) is 95.6 Å². The number of benzene rings is 4. The number of nitrogens with zero attached hydrogens (tertiary/aromatic N) is 2. The van der Waals surface area contributed by atoms with Crippen LogP contribution in [0.3, 0.4) is 0 Å². The summed E-state index contributed by atoms with van der Waals surface area (Å²) in [6.07, 6.45) is 0.305. The van der Waals surface area contributed by atoms with Gasteiger partial charge in [0.05, 0.1) is 22.3 Å². The summed E-state index contributed by atoms with van der Waals surface area (Å²) in [5.41, 5.74) is 5.16. The second-order valence-electron chi connectivity index (χ2n) is 8.42. The molecule has 0 saturated heterocycles. The van der Waals surface area contributed by atoms with E-state index in [0.29, 0.717) is 11.1 Å². The zero-order valence-corrected chi connectivity index (χ0v) is 18.0. The lowest BCUT2D eigenvalue weighted by molar-refractivity contribution is 0.613. The van der Waals surface area contributed by atoms with E-state index in [-0.39, 0.29) is 5.92 Å². The van der Waals surface area contributed by atoms with Gasteiger partial charge >= 0.3 is 0 Å². The van der Waals surface area contributed by atoms with Gasteiger partial charge in [-0.1, -0.05) is 74.5 Å². The summed E-state index contributed by atoms with van der Waals surface area (Å²) in [7, 11) is 0. The van der Waals surface area contributed by atoms with Gasteiger partial charge in [-0.3, -0.25) is 4.57 Å². The molecule has 0 atom stereocenters. The summed E-state index contributed by atoms with van der Waals surface area (Å²) in [6.45, 7) is 3.79. The maximum atomic E-state index is 8.47. The fraction of sp³-hybridized carbons (Fsp3) is 0.138. The Morgan fingerprint density at radius 3 is 2.62 bits per heavy atom. The van der Waals surface area contributed by atoms with Crippen molar-refractivity contribution in [2.24, 2.45) is 5.92 Å². The first-order valence-electron chi connectivity index (χ1n) is 11.9. The Bertz CT molecular complexity index is 1670. The molecule has 0 saturated carbocycles. The standard InChI is InChI=1S/C29H24N2O/c1-19(2)16-20-14-15-23-24(18-32-28(23)17-20)29-30-25-11-5-6-12-27(25)31(29)26-13-7-9-21-8-3-4-10-22(21)26/h3-15,17-19H,16H2,1-2H3/i16D2. The number of rotatable bonds is 4. The van der Waals surface area contributed by atoms with Crippen LogP contribution in [0, 0.1) is 5.92 Å². The maximum Gasteiger partial charge on any atom is 0.149 e. The summed E-state index contributed by atoms with van der Waals surface area (Å²) in [6, 6.07) is 28.5. The minimum Gasteiger partial charge on any atom is -0.464 e. The maximum absolute atomic E-state index is 8.47. The zero-order valence-electron chi connectivity index (χ0n) is 20.0. The lowest BCUT2D eigenvalue weighted by atomic mass is 10.0. The predicted octanol–water partition coefficient (Wildman–Crippen LogP) is 7.79. The lowest BCUT2D eigenvalue weighted by Crippen LogP contribution is -1.98. The van der Waals surface area contributed by atoms with E-state index in [1.807, 2.05) is 50.2 Å². The third-order valence-corrected chi connectivity index (χ3v) is 5.84. The Balaban J connectivity index is 1.62. The normalized spacial score (nSPS) is 13.2. The number of fused-ring (bicyclic) bond motifs is 3. The van der Waals surface area contributed by atoms with E-state index in [0.717, 1.165) is 38.9 Å². The van der Waals surface area contributed by atoms with Gasteiger partial charge in [-0.05, 0) is 47.5 Å². The van der Waals surface area contributed by atoms with E-state index in [4.69, 9.17) is 12.1 Å². The number of imidazole rings is 1. The number of aromatic nitrogens is 2. The van der Waals surface area contributed by atoms with Gasteiger partial charge in [0.25, 0.3) is 0 Å². The molecular formula is C29H24N2O. The van der Waals surface area contributed by atoms with Crippen LogP contribution in [-0.4, -0.2) is 9.55 Å². The molecule has 0 aliphatic heterocycles.